The molecule has 5 nitrogen and oxygen atoms in total. The fourth-order valence-corrected chi connectivity index (χ4v) is 2.22. The van der Waals surface area contributed by atoms with E-state index < -0.39 is 0 Å². The molecule has 108 valence electrons. The second-order valence-corrected chi connectivity index (χ2v) is 5.23. The van der Waals surface area contributed by atoms with E-state index in [1.807, 2.05) is 18.4 Å². The Morgan fingerprint density at radius 3 is 2.81 bits per heavy atom. The summed E-state index contributed by atoms with van der Waals surface area (Å²) >= 11 is 5.98. The van der Waals surface area contributed by atoms with Gasteiger partial charge in [-0.05, 0) is 43.6 Å². The molecule has 0 aliphatic rings. The lowest BCUT2D eigenvalue weighted by atomic mass is 10.3. The van der Waals surface area contributed by atoms with E-state index in [0.717, 1.165) is 0 Å². The number of fused-ring (bicyclic) bond motifs is 1. The molecule has 3 aromatic rings. The summed E-state index contributed by atoms with van der Waals surface area (Å²) in [6.45, 7) is 4.05. The van der Waals surface area contributed by atoms with Crippen LogP contribution in [0.5, 0.6) is 0 Å². The number of nitrogens with one attached hydrogen (secondary N) is 1. The monoisotopic (exact) mass is 305 g/mol. The van der Waals surface area contributed by atoms with Crippen molar-refractivity contribution in [2.75, 3.05) is 5.32 Å². The minimum atomic E-state index is -0.330. The van der Waals surface area contributed by atoms with Crippen LogP contribution >= 0.6 is 11.6 Å². The van der Waals surface area contributed by atoms with Gasteiger partial charge in [0.05, 0.1) is 6.33 Å². The summed E-state index contributed by atoms with van der Waals surface area (Å²) in [5, 5.41) is 3.14. The Bertz CT molecular complexity index is 799. The van der Waals surface area contributed by atoms with Crippen LogP contribution in [0.25, 0.3) is 11.2 Å². The summed E-state index contributed by atoms with van der Waals surface area (Å²) in [6.07, 6.45) is 1.69. The van der Waals surface area contributed by atoms with E-state index in [9.17, 15) is 4.39 Å². The molecule has 0 bridgehead atoms. The van der Waals surface area contributed by atoms with Crippen LogP contribution in [-0.2, 0) is 0 Å². The van der Waals surface area contributed by atoms with Crippen molar-refractivity contribution in [2.45, 2.75) is 19.9 Å². The Labute approximate surface area is 125 Å². The zero-order valence-corrected chi connectivity index (χ0v) is 12.3. The maximum Gasteiger partial charge on any atom is 0.226 e. The number of benzene rings is 1. The van der Waals surface area contributed by atoms with Crippen molar-refractivity contribution in [1.29, 1.82) is 0 Å². The first-order valence-electron chi connectivity index (χ1n) is 6.47. The third-order valence-electron chi connectivity index (χ3n) is 3.04. The number of imidazole rings is 1. The summed E-state index contributed by atoms with van der Waals surface area (Å²) in [5.74, 6) is 0.124. The molecule has 0 saturated heterocycles. The van der Waals surface area contributed by atoms with Gasteiger partial charge in [-0.3, -0.25) is 0 Å². The molecule has 0 spiro atoms. The molecule has 0 aliphatic heterocycles. The van der Waals surface area contributed by atoms with Gasteiger partial charge in [0.1, 0.15) is 5.82 Å². The Kier molecular flexibility index (Phi) is 3.47. The van der Waals surface area contributed by atoms with Crippen LogP contribution in [0.4, 0.5) is 15.9 Å². The van der Waals surface area contributed by atoms with E-state index in [2.05, 4.69) is 20.3 Å². The molecule has 2 aromatic heterocycles. The third kappa shape index (κ3) is 2.67. The SMILES string of the molecule is CC(C)n1cnc2c(Nc3cccc(F)c3)nc(Cl)nc21. The van der Waals surface area contributed by atoms with Crippen LogP contribution in [-0.4, -0.2) is 19.5 Å². The lowest BCUT2D eigenvalue weighted by molar-refractivity contribution is 0.612. The molecule has 0 unspecified atom stereocenters. The lowest BCUT2D eigenvalue weighted by Crippen LogP contribution is -2.02. The Morgan fingerprint density at radius 1 is 1.29 bits per heavy atom. The second-order valence-electron chi connectivity index (χ2n) is 4.89. The van der Waals surface area contributed by atoms with Crippen molar-refractivity contribution in [3.05, 3.63) is 41.7 Å². The fraction of sp³-hybridized carbons (Fsp3) is 0.214. The molecule has 3 rings (SSSR count). The molecule has 0 atom stereocenters. The third-order valence-corrected chi connectivity index (χ3v) is 3.21. The van der Waals surface area contributed by atoms with Crippen LogP contribution < -0.4 is 5.32 Å². The van der Waals surface area contributed by atoms with Crippen molar-refractivity contribution in [3.63, 3.8) is 0 Å². The summed E-state index contributed by atoms with van der Waals surface area (Å²) in [4.78, 5) is 12.7. The lowest BCUT2D eigenvalue weighted by Gasteiger charge is -2.09. The molecule has 2 heterocycles. The molecule has 1 aromatic carbocycles. The van der Waals surface area contributed by atoms with E-state index in [-0.39, 0.29) is 17.1 Å². The number of aromatic nitrogens is 4. The molecule has 0 fully saturated rings. The number of halogens is 2. The molecule has 0 radical (unpaired) electrons. The van der Waals surface area contributed by atoms with E-state index in [1.165, 1.54) is 12.1 Å². The molecular formula is C14H13ClFN5. The number of hydrogen-bond acceptors (Lipinski definition) is 4. The highest BCUT2D eigenvalue weighted by atomic mass is 35.5. The largest absolute Gasteiger partial charge is 0.338 e. The normalized spacial score (nSPS) is 11.3. The zero-order valence-electron chi connectivity index (χ0n) is 11.5. The predicted octanol–water partition coefficient (Wildman–Crippen LogP) is 3.94. The molecule has 0 amide bonds. The first-order valence-corrected chi connectivity index (χ1v) is 6.85. The average Bonchev–Trinajstić information content (AvgIpc) is 2.82. The zero-order chi connectivity index (χ0) is 15.0. The van der Waals surface area contributed by atoms with Crippen LogP contribution in [0, 0.1) is 5.82 Å². The molecule has 0 saturated carbocycles. The van der Waals surface area contributed by atoms with Gasteiger partial charge in [0, 0.05) is 11.7 Å². The smallest absolute Gasteiger partial charge is 0.226 e. The van der Waals surface area contributed by atoms with Crippen LogP contribution in [0.2, 0.25) is 5.28 Å². The topological polar surface area (TPSA) is 55.6 Å². The first-order chi connectivity index (χ1) is 10.0. The van der Waals surface area contributed by atoms with Crippen molar-refractivity contribution in [2.24, 2.45) is 0 Å². The van der Waals surface area contributed by atoms with Gasteiger partial charge in [-0.25, -0.2) is 9.37 Å². The van der Waals surface area contributed by atoms with Crippen LogP contribution in [0.15, 0.2) is 30.6 Å². The predicted molar refractivity (Wildman–Crippen MR) is 80.4 cm³/mol. The highest BCUT2D eigenvalue weighted by Crippen LogP contribution is 2.26. The van der Waals surface area contributed by atoms with E-state index in [0.29, 0.717) is 22.7 Å². The van der Waals surface area contributed by atoms with E-state index in [1.54, 1.807) is 18.5 Å². The number of anilines is 2. The van der Waals surface area contributed by atoms with Gasteiger partial charge in [0.2, 0.25) is 5.28 Å². The van der Waals surface area contributed by atoms with Crippen LogP contribution in [0.1, 0.15) is 19.9 Å². The quantitative estimate of drug-likeness (QED) is 0.745. The molecule has 7 heteroatoms. The summed E-state index contributed by atoms with van der Waals surface area (Å²) in [6, 6.07) is 6.31. The Balaban J connectivity index is 2.10. The summed E-state index contributed by atoms with van der Waals surface area (Å²) < 4.78 is 15.2. The number of rotatable bonds is 3. The first kappa shape index (κ1) is 13.8. The Morgan fingerprint density at radius 2 is 2.10 bits per heavy atom. The average molecular weight is 306 g/mol. The number of nitrogens with zero attached hydrogens (tertiary/aromatic N) is 4. The summed E-state index contributed by atoms with van der Waals surface area (Å²) in [5.41, 5.74) is 1.81. The van der Waals surface area contributed by atoms with Gasteiger partial charge in [0.15, 0.2) is 17.0 Å². The van der Waals surface area contributed by atoms with Gasteiger partial charge in [-0.15, -0.1) is 0 Å². The van der Waals surface area contributed by atoms with Gasteiger partial charge < -0.3 is 9.88 Å². The molecule has 0 aliphatic carbocycles. The van der Waals surface area contributed by atoms with Gasteiger partial charge in [-0.1, -0.05) is 6.07 Å². The van der Waals surface area contributed by atoms with E-state index >= 15 is 0 Å². The van der Waals surface area contributed by atoms with Gasteiger partial charge in [-0.2, -0.15) is 9.97 Å². The highest BCUT2D eigenvalue weighted by Gasteiger charge is 2.14. The highest BCUT2D eigenvalue weighted by molar-refractivity contribution is 6.28. The second kappa shape index (κ2) is 5.29. The fourth-order valence-electron chi connectivity index (χ4n) is 2.06. The van der Waals surface area contributed by atoms with Crippen LogP contribution in [0.3, 0.4) is 0 Å². The molecule has 1 N–H and O–H groups in total. The van der Waals surface area contributed by atoms with Crippen molar-refractivity contribution in [3.8, 4) is 0 Å². The Hall–Kier alpha value is -2.21. The standard InChI is InChI=1S/C14H13ClFN5/c1-8(2)21-7-17-11-12(19-14(15)20-13(11)21)18-10-5-3-4-9(16)6-10/h3-8H,1-2H3,(H,18,19,20). The maximum absolute atomic E-state index is 13.3. The maximum atomic E-state index is 13.3. The van der Waals surface area contributed by atoms with Gasteiger partial charge in [0.25, 0.3) is 0 Å². The van der Waals surface area contributed by atoms with Crippen molar-refractivity contribution >= 4 is 34.3 Å². The molecule has 21 heavy (non-hydrogen) atoms. The minimum absolute atomic E-state index is 0.115. The number of hydrogen-bond donors (Lipinski definition) is 1. The summed E-state index contributed by atoms with van der Waals surface area (Å²) in [7, 11) is 0. The van der Waals surface area contributed by atoms with Crippen molar-refractivity contribution < 1.29 is 4.39 Å². The molecular weight excluding hydrogens is 293 g/mol. The minimum Gasteiger partial charge on any atom is -0.338 e. The van der Waals surface area contributed by atoms with Crippen molar-refractivity contribution in [1.82, 2.24) is 19.5 Å². The van der Waals surface area contributed by atoms with E-state index in [4.69, 9.17) is 11.6 Å². The van der Waals surface area contributed by atoms with Gasteiger partial charge >= 0.3 is 0 Å².